The summed E-state index contributed by atoms with van der Waals surface area (Å²) in [6.07, 6.45) is -3.05. The first kappa shape index (κ1) is 24.2. The van der Waals surface area contributed by atoms with Gasteiger partial charge < -0.3 is 24.9 Å². The average molecular weight is 421 g/mol. The van der Waals surface area contributed by atoms with Crippen LogP contribution in [0.2, 0.25) is 0 Å². The number of carboxylic acid groups (broad SMARTS) is 1. The van der Waals surface area contributed by atoms with E-state index >= 15 is 0 Å². The Morgan fingerprint density at radius 1 is 1.13 bits per heavy atom. The van der Waals surface area contributed by atoms with Crippen LogP contribution in [-0.4, -0.2) is 40.0 Å². The molecule has 0 aliphatic carbocycles. The molecule has 2 aromatic carbocycles. The number of para-hydroxylation sites is 1. The third kappa shape index (κ3) is 6.00. The number of rotatable bonds is 8. The van der Waals surface area contributed by atoms with Crippen LogP contribution in [-0.2, 0) is 4.79 Å². The summed E-state index contributed by atoms with van der Waals surface area (Å²) in [5, 5.41) is 31.2. The standard InChI is InChI=1S/C22H22FNO5.Na/c1-13-18-4-2-3-5-19(18)24-21(14-6-8-15(23)9-7-14)22(13)29-12-17(26)10-16(25)11-20(27)28;/h2-9,16-17,25-26H,10-12H2,1H3,(H,27,28);/q;+1/p-1/t16-,17?;/m1./s1. The minimum absolute atomic E-state index is 0. The number of benzene rings is 2. The SMILES string of the molecule is Cc1c(OCC(O)C[C@@H](O)CC(=O)[O-])c(-c2ccc(F)cc2)nc2ccccc12.[Na+]. The van der Waals surface area contributed by atoms with Gasteiger partial charge in [0, 0.05) is 35.3 Å². The van der Waals surface area contributed by atoms with Crippen LogP contribution < -0.4 is 39.4 Å². The maximum atomic E-state index is 13.3. The monoisotopic (exact) mass is 421 g/mol. The van der Waals surface area contributed by atoms with E-state index in [1.165, 1.54) is 12.1 Å². The number of carboxylic acids is 1. The van der Waals surface area contributed by atoms with Gasteiger partial charge in [-0.2, -0.15) is 0 Å². The van der Waals surface area contributed by atoms with E-state index in [0.717, 1.165) is 16.5 Å². The van der Waals surface area contributed by atoms with Crippen molar-refractivity contribution in [3.8, 4) is 17.0 Å². The van der Waals surface area contributed by atoms with Crippen LogP contribution >= 0.6 is 0 Å². The number of nitrogens with zero attached hydrogens (tertiary/aromatic N) is 1. The van der Waals surface area contributed by atoms with E-state index in [9.17, 15) is 24.5 Å². The predicted molar refractivity (Wildman–Crippen MR) is 104 cm³/mol. The van der Waals surface area contributed by atoms with Gasteiger partial charge >= 0.3 is 29.6 Å². The quantitative estimate of drug-likeness (QED) is 0.452. The minimum Gasteiger partial charge on any atom is -0.550 e. The molecule has 0 amide bonds. The normalized spacial score (nSPS) is 12.8. The van der Waals surface area contributed by atoms with E-state index < -0.39 is 24.6 Å². The Labute approximate surface area is 195 Å². The average Bonchev–Trinajstić information content (AvgIpc) is 2.67. The van der Waals surface area contributed by atoms with Crippen LogP contribution in [0.4, 0.5) is 4.39 Å². The summed E-state index contributed by atoms with van der Waals surface area (Å²) in [5.41, 5.74) is 2.71. The number of pyridine rings is 1. The molecule has 0 aliphatic rings. The van der Waals surface area contributed by atoms with Crippen molar-refractivity contribution in [1.82, 2.24) is 4.98 Å². The van der Waals surface area contributed by atoms with E-state index in [1.807, 2.05) is 31.2 Å². The first-order valence-electron chi connectivity index (χ1n) is 9.19. The van der Waals surface area contributed by atoms with Crippen LogP contribution in [0.1, 0.15) is 18.4 Å². The van der Waals surface area contributed by atoms with Gasteiger partial charge in [0.05, 0.1) is 17.7 Å². The van der Waals surface area contributed by atoms with Gasteiger partial charge in [0.2, 0.25) is 0 Å². The summed E-state index contributed by atoms with van der Waals surface area (Å²) in [4.78, 5) is 15.2. The van der Waals surface area contributed by atoms with Crippen molar-refractivity contribution < 1.29 is 58.8 Å². The smallest absolute Gasteiger partial charge is 0.550 e. The molecule has 2 N–H and O–H groups in total. The fraction of sp³-hybridized carbons (Fsp3) is 0.273. The minimum atomic E-state index is -1.39. The van der Waals surface area contributed by atoms with Gasteiger partial charge in [-0.25, -0.2) is 9.37 Å². The van der Waals surface area contributed by atoms with Crippen molar-refractivity contribution in [2.75, 3.05) is 6.61 Å². The van der Waals surface area contributed by atoms with Crippen LogP contribution in [0, 0.1) is 12.7 Å². The maximum absolute atomic E-state index is 13.3. The Morgan fingerprint density at radius 3 is 2.47 bits per heavy atom. The summed E-state index contributed by atoms with van der Waals surface area (Å²) in [6.45, 7) is 1.70. The zero-order valence-electron chi connectivity index (χ0n) is 16.8. The Kier molecular flexibility index (Phi) is 8.76. The zero-order chi connectivity index (χ0) is 21.0. The summed E-state index contributed by atoms with van der Waals surface area (Å²) in [6, 6.07) is 13.4. The van der Waals surface area contributed by atoms with E-state index in [1.54, 1.807) is 12.1 Å². The molecule has 2 atom stereocenters. The molecular formula is C22H21FNNaO5. The van der Waals surface area contributed by atoms with Crippen LogP contribution in [0.15, 0.2) is 48.5 Å². The van der Waals surface area contributed by atoms with Crippen molar-refractivity contribution in [2.45, 2.75) is 32.0 Å². The Morgan fingerprint density at radius 2 is 1.80 bits per heavy atom. The third-order valence-electron chi connectivity index (χ3n) is 4.58. The van der Waals surface area contributed by atoms with Crippen molar-refractivity contribution in [3.05, 3.63) is 59.9 Å². The van der Waals surface area contributed by atoms with Gasteiger partial charge in [0.25, 0.3) is 0 Å². The molecule has 0 bridgehead atoms. The second-order valence-electron chi connectivity index (χ2n) is 6.87. The Balaban J connectivity index is 0.00000320. The molecule has 0 spiro atoms. The van der Waals surface area contributed by atoms with Crippen molar-refractivity contribution in [3.63, 3.8) is 0 Å². The second kappa shape index (κ2) is 10.8. The second-order valence-corrected chi connectivity index (χ2v) is 6.87. The number of fused-ring (bicyclic) bond motifs is 1. The summed E-state index contributed by atoms with van der Waals surface area (Å²) in [7, 11) is 0. The van der Waals surface area contributed by atoms with E-state index in [2.05, 4.69) is 4.98 Å². The molecule has 0 radical (unpaired) electrons. The largest absolute Gasteiger partial charge is 1.00 e. The van der Waals surface area contributed by atoms with Gasteiger partial charge in [0.15, 0.2) is 0 Å². The molecule has 30 heavy (non-hydrogen) atoms. The van der Waals surface area contributed by atoms with E-state index in [0.29, 0.717) is 17.0 Å². The fourth-order valence-electron chi connectivity index (χ4n) is 3.18. The van der Waals surface area contributed by atoms with E-state index in [4.69, 9.17) is 4.74 Å². The number of hydrogen-bond donors (Lipinski definition) is 2. The number of aliphatic hydroxyl groups excluding tert-OH is 2. The molecular weight excluding hydrogens is 400 g/mol. The third-order valence-corrected chi connectivity index (χ3v) is 4.58. The summed E-state index contributed by atoms with van der Waals surface area (Å²) >= 11 is 0. The van der Waals surface area contributed by atoms with Crippen LogP contribution in [0.5, 0.6) is 5.75 Å². The first-order chi connectivity index (χ1) is 13.8. The van der Waals surface area contributed by atoms with Gasteiger partial charge in [-0.3, -0.25) is 0 Å². The van der Waals surface area contributed by atoms with Gasteiger partial charge in [-0.05, 0) is 37.3 Å². The number of hydrogen-bond acceptors (Lipinski definition) is 6. The first-order valence-corrected chi connectivity index (χ1v) is 9.19. The molecule has 0 aliphatic heterocycles. The van der Waals surface area contributed by atoms with Gasteiger partial charge in [-0.1, -0.05) is 18.2 Å². The van der Waals surface area contributed by atoms with E-state index in [-0.39, 0.29) is 48.4 Å². The van der Waals surface area contributed by atoms with Crippen molar-refractivity contribution in [1.29, 1.82) is 0 Å². The number of aryl methyl sites for hydroxylation is 1. The topological polar surface area (TPSA) is 103 Å². The maximum Gasteiger partial charge on any atom is 1.00 e. The number of aromatic nitrogens is 1. The van der Waals surface area contributed by atoms with Crippen molar-refractivity contribution in [2.24, 2.45) is 0 Å². The van der Waals surface area contributed by atoms with Gasteiger partial charge in [0.1, 0.15) is 23.9 Å². The molecule has 6 nitrogen and oxygen atoms in total. The number of carbonyl (C=O) groups excluding carboxylic acids is 1. The fourth-order valence-corrected chi connectivity index (χ4v) is 3.18. The Hall–Kier alpha value is -2.03. The molecule has 0 saturated carbocycles. The van der Waals surface area contributed by atoms with Gasteiger partial charge in [-0.15, -0.1) is 0 Å². The number of ether oxygens (including phenoxy) is 1. The molecule has 1 heterocycles. The molecule has 8 heteroatoms. The number of aliphatic carboxylic acids is 1. The molecule has 152 valence electrons. The molecule has 3 aromatic rings. The molecule has 1 aromatic heterocycles. The number of carbonyl (C=O) groups is 1. The van der Waals surface area contributed by atoms with Crippen LogP contribution in [0.25, 0.3) is 22.2 Å². The molecule has 1 unspecified atom stereocenters. The summed E-state index contributed by atoms with van der Waals surface area (Å²) < 4.78 is 19.2. The number of halogens is 1. The zero-order valence-corrected chi connectivity index (χ0v) is 18.8. The Bertz CT molecular complexity index is 1010. The van der Waals surface area contributed by atoms with Crippen LogP contribution in [0.3, 0.4) is 0 Å². The number of aliphatic hydroxyl groups is 2. The molecule has 3 rings (SSSR count). The molecule has 0 fully saturated rings. The molecule has 0 saturated heterocycles. The predicted octanol–water partition coefficient (Wildman–Crippen LogP) is -1.02. The van der Waals surface area contributed by atoms with Crippen molar-refractivity contribution >= 4 is 16.9 Å². The summed E-state index contributed by atoms with van der Waals surface area (Å²) in [5.74, 6) is -1.33.